The maximum Gasteiger partial charge on any atom is 0.145 e. The van der Waals surface area contributed by atoms with E-state index < -0.39 is 0 Å². The molecule has 0 bridgehead atoms. The Morgan fingerprint density at radius 2 is 1.68 bits per heavy atom. The highest BCUT2D eigenvalue weighted by Crippen LogP contribution is 2.25. The molecule has 2 aromatic rings. The first-order chi connectivity index (χ1) is 8.97. The van der Waals surface area contributed by atoms with Crippen molar-refractivity contribution in [2.75, 3.05) is 5.73 Å². The third-order valence-electron chi connectivity index (χ3n) is 3.19. The van der Waals surface area contributed by atoms with E-state index in [0.29, 0.717) is 18.0 Å². The van der Waals surface area contributed by atoms with E-state index in [1.165, 1.54) is 34.9 Å². The second kappa shape index (κ2) is 5.31. The van der Waals surface area contributed by atoms with Gasteiger partial charge in [-0.1, -0.05) is 17.7 Å². The van der Waals surface area contributed by atoms with E-state index in [1.54, 1.807) is 0 Å². The number of anilines is 1. The summed E-state index contributed by atoms with van der Waals surface area (Å²) < 4.78 is 18.8. The highest BCUT2D eigenvalue weighted by molar-refractivity contribution is 5.52. The first kappa shape index (κ1) is 13.4. The number of rotatable bonds is 3. The predicted octanol–water partition coefficient (Wildman–Crippen LogP) is 3.91. The van der Waals surface area contributed by atoms with Crippen molar-refractivity contribution in [2.45, 2.75) is 27.4 Å². The van der Waals surface area contributed by atoms with Crippen LogP contribution in [0.3, 0.4) is 0 Å². The number of hydrogen-bond acceptors (Lipinski definition) is 2. The summed E-state index contributed by atoms with van der Waals surface area (Å²) in [6, 6.07) is 8.37. The maximum absolute atomic E-state index is 13.1. The van der Waals surface area contributed by atoms with Crippen molar-refractivity contribution in [3.8, 4) is 5.75 Å². The van der Waals surface area contributed by atoms with Gasteiger partial charge in [-0.25, -0.2) is 4.39 Å². The SMILES string of the molecule is Cc1cc(C)c(COc2cc(F)ccc2N)c(C)c1. The molecule has 0 atom stereocenters. The maximum atomic E-state index is 13.1. The third kappa shape index (κ3) is 3.05. The van der Waals surface area contributed by atoms with E-state index in [-0.39, 0.29) is 5.82 Å². The third-order valence-corrected chi connectivity index (χ3v) is 3.19. The van der Waals surface area contributed by atoms with Crippen LogP contribution in [0.5, 0.6) is 5.75 Å². The molecule has 0 aliphatic carbocycles. The minimum Gasteiger partial charge on any atom is -0.487 e. The fourth-order valence-electron chi connectivity index (χ4n) is 2.22. The molecular formula is C16H18FNO. The van der Waals surface area contributed by atoms with Gasteiger partial charge in [0.25, 0.3) is 0 Å². The molecule has 0 amide bonds. The topological polar surface area (TPSA) is 35.2 Å². The van der Waals surface area contributed by atoms with Gasteiger partial charge < -0.3 is 10.5 Å². The van der Waals surface area contributed by atoms with Crippen LogP contribution >= 0.6 is 0 Å². The molecule has 0 saturated carbocycles. The van der Waals surface area contributed by atoms with Gasteiger partial charge in [-0.2, -0.15) is 0 Å². The van der Waals surface area contributed by atoms with E-state index >= 15 is 0 Å². The van der Waals surface area contributed by atoms with Crippen LogP contribution in [0, 0.1) is 26.6 Å². The molecule has 0 fully saturated rings. The lowest BCUT2D eigenvalue weighted by molar-refractivity contribution is 0.305. The molecule has 0 radical (unpaired) electrons. The number of hydrogen-bond donors (Lipinski definition) is 1. The molecule has 0 saturated heterocycles. The van der Waals surface area contributed by atoms with Crippen LogP contribution in [0.2, 0.25) is 0 Å². The Bertz CT molecular complexity index is 585. The predicted molar refractivity (Wildman–Crippen MR) is 75.8 cm³/mol. The Hall–Kier alpha value is -2.03. The molecule has 2 aromatic carbocycles. The van der Waals surface area contributed by atoms with Crippen molar-refractivity contribution in [2.24, 2.45) is 0 Å². The summed E-state index contributed by atoms with van der Waals surface area (Å²) in [5.41, 5.74) is 10.9. The molecule has 19 heavy (non-hydrogen) atoms. The van der Waals surface area contributed by atoms with Gasteiger partial charge in [-0.3, -0.25) is 0 Å². The minimum absolute atomic E-state index is 0.346. The van der Waals surface area contributed by atoms with Crippen molar-refractivity contribution >= 4 is 5.69 Å². The van der Waals surface area contributed by atoms with Gasteiger partial charge in [-0.15, -0.1) is 0 Å². The minimum atomic E-state index is -0.346. The number of aryl methyl sites for hydroxylation is 3. The van der Waals surface area contributed by atoms with Gasteiger partial charge in [0.1, 0.15) is 18.2 Å². The van der Waals surface area contributed by atoms with Gasteiger partial charge in [0.05, 0.1) is 5.69 Å². The van der Waals surface area contributed by atoms with Crippen LogP contribution in [0.1, 0.15) is 22.3 Å². The van der Waals surface area contributed by atoms with E-state index in [9.17, 15) is 4.39 Å². The zero-order valence-electron chi connectivity index (χ0n) is 11.5. The Morgan fingerprint density at radius 3 is 2.32 bits per heavy atom. The lowest BCUT2D eigenvalue weighted by Gasteiger charge is -2.14. The summed E-state index contributed by atoms with van der Waals surface area (Å²) in [7, 11) is 0. The molecule has 0 spiro atoms. The van der Waals surface area contributed by atoms with Gasteiger partial charge >= 0.3 is 0 Å². The summed E-state index contributed by atoms with van der Waals surface area (Å²) in [4.78, 5) is 0. The first-order valence-electron chi connectivity index (χ1n) is 6.22. The number of nitrogen functional groups attached to an aromatic ring is 1. The van der Waals surface area contributed by atoms with Crippen LogP contribution in [0.25, 0.3) is 0 Å². The summed E-state index contributed by atoms with van der Waals surface area (Å²) >= 11 is 0. The second-order valence-electron chi connectivity index (χ2n) is 4.85. The van der Waals surface area contributed by atoms with Crippen LogP contribution in [-0.4, -0.2) is 0 Å². The van der Waals surface area contributed by atoms with Crippen LogP contribution in [-0.2, 0) is 6.61 Å². The molecule has 0 aromatic heterocycles. The summed E-state index contributed by atoms with van der Waals surface area (Å²) in [5, 5.41) is 0. The van der Waals surface area contributed by atoms with Gasteiger partial charge in [-0.05, 0) is 49.6 Å². The molecule has 0 heterocycles. The standard InChI is InChI=1S/C16H18FNO/c1-10-6-11(2)14(12(3)7-10)9-19-16-8-13(17)4-5-15(16)18/h4-8H,9,18H2,1-3H3. The molecule has 0 aliphatic heterocycles. The van der Waals surface area contributed by atoms with Crippen molar-refractivity contribution in [1.29, 1.82) is 0 Å². The van der Waals surface area contributed by atoms with Crippen molar-refractivity contribution in [1.82, 2.24) is 0 Å². The molecule has 2 rings (SSSR count). The number of nitrogens with two attached hydrogens (primary N) is 1. The van der Waals surface area contributed by atoms with Crippen LogP contribution < -0.4 is 10.5 Å². The molecular weight excluding hydrogens is 241 g/mol. The van der Waals surface area contributed by atoms with Gasteiger partial charge in [0, 0.05) is 6.07 Å². The van der Waals surface area contributed by atoms with E-state index in [1.807, 2.05) is 13.8 Å². The fourth-order valence-corrected chi connectivity index (χ4v) is 2.22. The van der Waals surface area contributed by atoms with Gasteiger partial charge in [0.2, 0.25) is 0 Å². The van der Waals surface area contributed by atoms with Crippen molar-refractivity contribution < 1.29 is 9.13 Å². The Balaban J connectivity index is 2.21. The Kier molecular flexibility index (Phi) is 3.74. The highest BCUT2D eigenvalue weighted by Gasteiger charge is 2.07. The zero-order chi connectivity index (χ0) is 14.0. The average molecular weight is 259 g/mol. The highest BCUT2D eigenvalue weighted by atomic mass is 19.1. The normalized spacial score (nSPS) is 10.5. The number of halogens is 1. The summed E-state index contributed by atoms with van der Waals surface area (Å²) in [6.45, 7) is 6.56. The van der Waals surface area contributed by atoms with E-state index in [4.69, 9.17) is 10.5 Å². The summed E-state index contributed by atoms with van der Waals surface area (Å²) in [5.74, 6) is 0.0425. The van der Waals surface area contributed by atoms with Gasteiger partial charge in [0.15, 0.2) is 0 Å². The molecule has 0 aliphatic rings. The lowest BCUT2D eigenvalue weighted by Crippen LogP contribution is -2.03. The fraction of sp³-hybridized carbons (Fsp3) is 0.250. The molecule has 0 unspecified atom stereocenters. The van der Waals surface area contributed by atoms with Crippen molar-refractivity contribution in [3.05, 3.63) is 58.4 Å². The van der Waals surface area contributed by atoms with Crippen LogP contribution in [0.4, 0.5) is 10.1 Å². The molecule has 2 nitrogen and oxygen atoms in total. The number of ether oxygens (including phenoxy) is 1. The molecule has 100 valence electrons. The molecule has 2 N–H and O–H groups in total. The zero-order valence-corrected chi connectivity index (χ0v) is 11.5. The quantitative estimate of drug-likeness (QED) is 0.848. The monoisotopic (exact) mass is 259 g/mol. The summed E-state index contributed by atoms with van der Waals surface area (Å²) in [6.07, 6.45) is 0. The van der Waals surface area contributed by atoms with E-state index in [0.717, 1.165) is 5.56 Å². The molecule has 3 heteroatoms. The van der Waals surface area contributed by atoms with Crippen LogP contribution in [0.15, 0.2) is 30.3 Å². The first-order valence-corrected chi connectivity index (χ1v) is 6.22. The average Bonchev–Trinajstić information content (AvgIpc) is 2.32. The number of benzene rings is 2. The van der Waals surface area contributed by atoms with E-state index in [2.05, 4.69) is 19.1 Å². The second-order valence-corrected chi connectivity index (χ2v) is 4.85. The smallest absolute Gasteiger partial charge is 0.145 e. The van der Waals surface area contributed by atoms with Crippen molar-refractivity contribution in [3.63, 3.8) is 0 Å². The Morgan fingerprint density at radius 1 is 1.05 bits per heavy atom. The largest absolute Gasteiger partial charge is 0.487 e. The lowest BCUT2D eigenvalue weighted by atomic mass is 10.0. The Labute approximate surface area is 113 Å².